The molecule has 0 heterocycles. The second-order valence-corrected chi connectivity index (χ2v) is 6.21. The molecule has 6 heteroatoms. The number of aliphatic carboxylic acids is 1. The number of nitrogens with one attached hydrogen (secondary N) is 2. The lowest BCUT2D eigenvalue weighted by Crippen LogP contribution is -2.50. The Morgan fingerprint density at radius 1 is 1.25 bits per heavy atom. The van der Waals surface area contributed by atoms with Crippen molar-refractivity contribution in [3.63, 3.8) is 0 Å². The van der Waals surface area contributed by atoms with Crippen LogP contribution in [0.5, 0.6) is 0 Å². The summed E-state index contributed by atoms with van der Waals surface area (Å²) in [7, 11) is 0. The van der Waals surface area contributed by atoms with Gasteiger partial charge in [-0.25, -0.2) is 9.59 Å². The Morgan fingerprint density at radius 2 is 1.85 bits per heavy atom. The molecule has 1 unspecified atom stereocenters. The molecular weight excluding hydrogens is 260 g/mol. The molecule has 116 valence electrons. The Labute approximate surface area is 119 Å². The first kappa shape index (κ1) is 16.8. The Balaban J connectivity index is 2.47. The van der Waals surface area contributed by atoms with E-state index in [1.807, 2.05) is 0 Å². The Kier molecular flexibility index (Phi) is 6.26. The summed E-state index contributed by atoms with van der Waals surface area (Å²) >= 11 is 0. The number of carbonyl (C=O) groups excluding carboxylic acids is 1. The van der Waals surface area contributed by atoms with Crippen LogP contribution in [0.2, 0.25) is 0 Å². The summed E-state index contributed by atoms with van der Waals surface area (Å²) < 4.78 is 0. The number of urea groups is 1. The van der Waals surface area contributed by atoms with Gasteiger partial charge in [-0.1, -0.05) is 26.7 Å². The van der Waals surface area contributed by atoms with E-state index < -0.39 is 24.6 Å². The maximum absolute atomic E-state index is 11.7. The van der Waals surface area contributed by atoms with Crippen LogP contribution in [0, 0.1) is 11.3 Å². The molecule has 1 saturated carbocycles. The second kappa shape index (κ2) is 7.47. The minimum Gasteiger partial charge on any atom is -0.480 e. The van der Waals surface area contributed by atoms with Crippen molar-refractivity contribution in [3.8, 4) is 0 Å². The lowest BCUT2D eigenvalue weighted by atomic mass is 9.78. The zero-order valence-corrected chi connectivity index (χ0v) is 12.3. The van der Waals surface area contributed by atoms with Crippen LogP contribution >= 0.6 is 0 Å². The van der Waals surface area contributed by atoms with Crippen LogP contribution in [-0.4, -0.2) is 41.4 Å². The fourth-order valence-electron chi connectivity index (χ4n) is 3.11. The number of amides is 2. The topological polar surface area (TPSA) is 98.7 Å². The highest BCUT2D eigenvalue weighted by atomic mass is 16.4. The molecule has 1 aliphatic rings. The van der Waals surface area contributed by atoms with Gasteiger partial charge in [-0.15, -0.1) is 0 Å². The molecular formula is C14H26N2O4. The van der Waals surface area contributed by atoms with Gasteiger partial charge >= 0.3 is 12.0 Å². The Bertz CT molecular complexity index is 338. The predicted molar refractivity (Wildman–Crippen MR) is 75.4 cm³/mol. The van der Waals surface area contributed by atoms with Gasteiger partial charge in [0.2, 0.25) is 0 Å². The van der Waals surface area contributed by atoms with E-state index >= 15 is 0 Å². The van der Waals surface area contributed by atoms with Crippen molar-refractivity contribution >= 4 is 12.0 Å². The van der Waals surface area contributed by atoms with Crippen molar-refractivity contribution in [2.75, 3.05) is 13.2 Å². The SMILES string of the molecule is CC(C)CC1(CNC(=O)NC(CO)C(=O)O)CCCC1. The van der Waals surface area contributed by atoms with Crippen molar-refractivity contribution < 1.29 is 19.8 Å². The van der Waals surface area contributed by atoms with Gasteiger partial charge in [-0.2, -0.15) is 0 Å². The summed E-state index contributed by atoms with van der Waals surface area (Å²) in [6, 6.07) is -1.78. The molecule has 0 aromatic carbocycles. The number of carbonyl (C=O) groups is 2. The van der Waals surface area contributed by atoms with Gasteiger partial charge in [0.15, 0.2) is 6.04 Å². The Hall–Kier alpha value is -1.30. The average Bonchev–Trinajstić information content (AvgIpc) is 2.81. The predicted octanol–water partition coefficient (Wildman–Crippen LogP) is 1.34. The van der Waals surface area contributed by atoms with Crippen LogP contribution in [-0.2, 0) is 4.79 Å². The van der Waals surface area contributed by atoms with E-state index in [0.29, 0.717) is 12.5 Å². The monoisotopic (exact) mass is 286 g/mol. The molecule has 0 aliphatic heterocycles. The highest BCUT2D eigenvalue weighted by Gasteiger charge is 2.34. The number of hydrogen-bond donors (Lipinski definition) is 4. The molecule has 1 atom stereocenters. The average molecular weight is 286 g/mol. The van der Waals surface area contributed by atoms with E-state index in [1.165, 1.54) is 12.8 Å². The normalized spacial score (nSPS) is 18.8. The molecule has 0 aromatic rings. The standard InChI is InChI=1S/C14H26N2O4/c1-10(2)7-14(5-3-4-6-14)9-15-13(20)16-11(8-17)12(18)19/h10-11,17H,3-9H2,1-2H3,(H,18,19)(H2,15,16,20). The van der Waals surface area contributed by atoms with Gasteiger partial charge in [-0.3, -0.25) is 0 Å². The third-order valence-corrected chi connectivity index (χ3v) is 3.92. The molecule has 1 fully saturated rings. The number of aliphatic hydroxyl groups is 1. The molecule has 6 nitrogen and oxygen atoms in total. The molecule has 0 bridgehead atoms. The molecule has 0 saturated heterocycles. The van der Waals surface area contributed by atoms with Crippen molar-refractivity contribution in [2.24, 2.45) is 11.3 Å². The van der Waals surface area contributed by atoms with Crippen LogP contribution in [0.1, 0.15) is 46.0 Å². The number of rotatable bonds is 7. The third kappa shape index (κ3) is 5.00. The zero-order valence-electron chi connectivity index (χ0n) is 12.3. The van der Waals surface area contributed by atoms with Gasteiger partial charge in [-0.05, 0) is 30.6 Å². The van der Waals surface area contributed by atoms with Gasteiger partial charge < -0.3 is 20.8 Å². The molecule has 4 N–H and O–H groups in total. The summed E-state index contributed by atoms with van der Waals surface area (Å²) in [6.07, 6.45) is 5.64. The van der Waals surface area contributed by atoms with Gasteiger partial charge in [0.25, 0.3) is 0 Å². The van der Waals surface area contributed by atoms with Crippen LogP contribution in [0.3, 0.4) is 0 Å². The summed E-state index contributed by atoms with van der Waals surface area (Å²) in [4.78, 5) is 22.4. The first-order valence-corrected chi connectivity index (χ1v) is 7.26. The fourth-order valence-corrected chi connectivity index (χ4v) is 3.11. The van der Waals surface area contributed by atoms with Crippen LogP contribution in [0.4, 0.5) is 4.79 Å². The van der Waals surface area contributed by atoms with E-state index in [4.69, 9.17) is 10.2 Å². The number of aliphatic hydroxyl groups excluding tert-OH is 1. The lowest BCUT2D eigenvalue weighted by molar-refractivity contribution is -0.140. The van der Waals surface area contributed by atoms with Crippen LogP contribution in [0.15, 0.2) is 0 Å². The summed E-state index contributed by atoms with van der Waals surface area (Å²) in [5.74, 6) is -0.664. The fraction of sp³-hybridized carbons (Fsp3) is 0.857. The quantitative estimate of drug-likeness (QED) is 0.567. The van der Waals surface area contributed by atoms with E-state index in [1.54, 1.807) is 0 Å². The minimum absolute atomic E-state index is 0.142. The van der Waals surface area contributed by atoms with Crippen LogP contribution in [0.25, 0.3) is 0 Å². The smallest absolute Gasteiger partial charge is 0.328 e. The van der Waals surface area contributed by atoms with Gasteiger partial charge in [0.1, 0.15) is 0 Å². The van der Waals surface area contributed by atoms with E-state index in [0.717, 1.165) is 19.3 Å². The molecule has 0 aromatic heterocycles. The van der Waals surface area contributed by atoms with Crippen molar-refractivity contribution in [3.05, 3.63) is 0 Å². The molecule has 2 amide bonds. The highest BCUT2D eigenvalue weighted by Crippen LogP contribution is 2.42. The summed E-state index contributed by atoms with van der Waals surface area (Å²) in [6.45, 7) is 4.30. The molecule has 0 spiro atoms. The Morgan fingerprint density at radius 3 is 2.30 bits per heavy atom. The molecule has 0 radical (unpaired) electrons. The first-order chi connectivity index (χ1) is 9.38. The summed E-state index contributed by atoms with van der Waals surface area (Å²) in [5, 5.41) is 22.7. The van der Waals surface area contributed by atoms with Crippen LogP contribution < -0.4 is 10.6 Å². The lowest BCUT2D eigenvalue weighted by Gasteiger charge is -2.31. The number of carboxylic acids is 1. The van der Waals surface area contributed by atoms with Gasteiger partial charge in [0.05, 0.1) is 6.61 Å². The molecule has 1 rings (SSSR count). The number of hydrogen-bond acceptors (Lipinski definition) is 3. The largest absolute Gasteiger partial charge is 0.480 e. The van der Waals surface area contributed by atoms with E-state index in [2.05, 4.69) is 24.5 Å². The molecule has 20 heavy (non-hydrogen) atoms. The van der Waals surface area contributed by atoms with Crippen molar-refractivity contribution in [2.45, 2.75) is 52.0 Å². The maximum atomic E-state index is 11.7. The highest BCUT2D eigenvalue weighted by molar-refractivity contribution is 5.82. The zero-order chi connectivity index (χ0) is 15.2. The third-order valence-electron chi connectivity index (χ3n) is 3.92. The molecule has 1 aliphatic carbocycles. The summed E-state index contributed by atoms with van der Waals surface area (Å²) in [5.41, 5.74) is 0.142. The first-order valence-electron chi connectivity index (χ1n) is 7.26. The van der Waals surface area contributed by atoms with Gasteiger partial charge in [0, 0.05) is 6.54 Å². The second-order valence-electron chi connectivity index (χ2n) is 6.21. The van der Waals surface area contributed by atoms with Crippen molar-refractivity contribution in [1.82, 2.24) is 10.6 Å². The van der Waals surface area contributed by atoms with Crippen molar-refractivity contribution in [1.29, 1.82) is 0 Å². The van der Waals surface area contributed by atoms with E-state index in [-0.39, 0.29) is 5.41 Å². The maximum Gasteiger partial charge on any atom is 0.328 e. The minimum atomic E-state index is -1.25. The number of carboxylic acid groups (broad SMARTS) is 1. The van der Waals surface area contributed by atoms with E-state index in [9.17, 15) is 9.59 Å².